The van der Waals surface area contributed by atoms with Gasteiger partial charge in [0.1, 0.15) is 0 Å². The lowest BCUT2D eigenvalue weighted by Gasteiger charge is -2.28. The zero-order valence-corrected chi connectivity index (χ0v) is 9.79. The standard InChI is InChI=1S/C10H9NO6S/c12-10(18(15,16)17)5-1-2-7-6-8(11(13)14)3-4-9(7)10/h1-4,6,12H,5H2,(H,15,16,17). The number of nitro benzene ring substituents is 1. The summed E-state index contributed by atoms with van der Waals surface area (Å²) in [5.74, 6) is 0. The number of nitrogens with zero attached hydrogens (tertiary/aromatic N) is 1. The summed E-state index contributed by atoms with van der Waals surface area (Å²) in [4.78, 5) is 7.51. The number of benzene rings is 1. The number of hydrogen-bond acceptors (Lipinski definition) is 5. The van der Waals surface area contributed by atoms with E-state index in [1.807, 2.05) is 0 Å². The first kappa shape index (κ1) is 12.7. The maximum Gasteiger partial charge on any atom is 0.299 e. The summed E-state index contributed by atoms with van der Waals surface area (Å²) in [6, 6.07) is 3.35. The molecule has 1 atom stereocenters. The van der Waals surface area contributed by atoms with Gasteiger partial charge in [-0.15, -0.1) is 0 Å². The van der Waals surface area contributed by atoms with Crippen LogP contribution in [0.25, 0.3) is 6.08 Å². The van der Waals surface area contributed by atoms with Crippen LogP contribution < -0.4 is 0 Å². The third kappa shape index (κ3) is 1.80. The lowest BCUT2D eigenvalue weighted by atomic mass is 9.94. The minimum atomic E-state index is -4.74. The van der Waals surface area contributed by atoms with E-state index < -0.39 is 20.0 Å². The van der Waals surface area contributed by atoms with E-state index in [0.29, 0.717) is 0 Å². The summed E-state index contributed by atoms with van der Waals surface area (Å²) >= 11 is 0. The number of non-ortho nitro benzene ring substituents is 1. The molecule has 0 saturated heterocycles. The Hall–Kier alpha value is -1.77. The Labute approximate surface area is 102 Å². The largest absolute Gasteiger partial charge is 0.369 e. The molecule has 2 N–H and O–H groups in total. The van der Waals surface area contributed by atoms with Crippen molar-refractivity contribution in [2.45, 2.75) is 11.4 Å². The Balaban J connectivity index is 2.67. The highest BCUT2D eigenvalue weighted by Crippen LogP contribution is 2.38. The molecule has 2 rings (SSSR count). The molecule has 18 heavy (non-hydrogen) atoms. The first-order valence-corrected chi connectivity index (χ1v) is 6.34. The van der Waals surface area contributed by atoms with E-state index >= 15 is 0 Å². The zero-order valence-electron chi connectivity index (χ0n) is 8.98. The van der Waals surface area contributed by atoms with Crippen molar-refractivity contribution < 1.29 is 23.0 Å². The number of aliphatic hydroxyl groups is 1. The van der Waals surface area contributed by atoms with Crippen LogP contribution in [0.2, 0.25) is 0 Å². The summed E-state index contributed by atoms with van der Waals surface area (Å²) in [5, 5.41) is 20.6. The molecule has 0 aliphatic heterocycles. The highest BCUT2D eigenvalue weighted by molar-refractivity contribution is 7.86. The monoisotopic (exact) mass is 271 g/mol. The Morgan fingerprint density at radius 1 is 1.39 bits per heavy atom. The SMILES string of the molecule is O=[N+]([O-])c1ccc2c(c1)C=CCC2(O)S(=O)(=O)O. The first-order chi connectivity index (χ1) is 8.25. The normalized spacial score (nSPS) is 22.6. The number of rotatable bonds is 2. The fourth-order valence-electron chi connectivity index (χ4n) is 1.86. The quantitative estimate of drug-likeness (QED) is 0.471. The third-order valence-electron chi connectivity index (χ3n) is 2.79. The van der Waals surface area contributed by atoms with Crippen LogP contribution in [0, 0.1) is 10.1 Å². The van der Waals surface area contributed by atoms with Crippen molar-refractivity contribution in [3.8, 4) is 0 Å². The van der Waals surface area contributed by atoms with Crippen molar-refractivity contribution >= 4 is 21.9 Å². The molecule has 0 aromatic heterocycles. The fourth-order valence-corrected chi connectivity index (χ4v) is 2.63. The molecule has 0 heterocycles. The molecule has 1 aromatic carbocycles. The maximum atomic E-state index is 11.2. The molecule has 0 amide bonds. The highest BCUT2D eigenvalue weighted by atomic mass is 32.2. The number of nitro groups is 1. The number of hydrogen-bond donors (Lipinski definition) is 2. The van der Waals surface area contributed by atoms with Crippen LogP contribution in [-0.2, 0) is 15.1 Å². The van der Waals surface area contributed by atoms with Crippen LogP contribution in [-0.4, -0.2) is 23.0 Å². The lowest BCUT2D eigenvalue weighted by Crippen LogP contribution is -2.36. The molecule has 0 saturated carbocycles. The molecule has 0 radical (unpaired) electrons. The molecule has 96 valence electrons. The lowest BCUT2D eigenvalue weighted by molar-refractivity contribution is -0.384. The van der Waals surface area contributed by atoms with Crippen molar-refractivity contribution in [3.63, 3.8) is 0 Å². The van der Waals surface area contributed by atoms with Crippen molar-refractivity contribution in [3.05, 3.63) is 45.5 Å². The van der Waals surface area contributed by atoms with Crippen LogP contribution in [0.1, 0.15) is 17.5 Å². The van der Waals surface area contributed by atoms with Gasteiger partial charge in [-0.3, -0.25) is 14.7 Å². The fraction of sp³-hybridized carbons (Fsp3) is 0.200. The second-order valence-electron chi connectivity index (χ2n) is 3.89. The van der Waals surface area contributed by atoms with Crippen molar-refractivity contribution in [1.82, 2.24) is 0 Å². The van der Waals surface area contributed by atoms with Crippen molar-refractivity contribution in [1.29, 1.82) is 0 Å². The van der Waals surface area contributed by atoms with Crippen LogP contribution >= 0.6 is 0 Å². The van der Waals surface area contributed by atoms with E-state index in [0.717, 1.165) is 18.2 Å². The Kier molecular flexibility index (Phi) is 2.73. The Bertz CT molecular complexity index is 650. The second-order valence-corrected chi connectivity index (χ2v) is 5.52. The van der Waals surface area contributed by atoms with Gasteiger partial charge in [0.2, 0.25) is 4.93 Å². The van der Waals surface area contributed by atoms with Crippen molar-refractivity contribution in [2.24, 2.45) is 0 Å². The molecular formula is C10H9NO6S. The van der Waals surface area contributed by atoms with E-state index in [9.17, 15) is 23.6 Å². The van der Waals surface area contributed by atoms with Gasteiger partial charge < -0.3 is 5.11 Å². The first-order valence-electron chi connectivity index (χ1n) is 4.90. The molecule has 0 spiro atoms. The van der Waals surface area contributed by atoms with E-state index in [-0.39, 0.29) is 23.2 Å². The van der Waals surface area contributed by atoms with E-state index in [2.05, 4.69) is 0 Å². The average molecular weight is 271 g/mol. The summed E-state index contributed by atoms with van der Waals surface area (Å²) in [6.07, 6.45) is 2.48. The maximum absolute atomic E-state index is 11.2. The minimum Gasteiger partial charge on any atom is -0.369 e. The van der Waals surface area contributed by atoms with Gasteiger partial charge in [0.15, 0.2) is 0 Å². The summed E-state index contributed by atoms with van der Waals surface area (Å²) in [6.45, 7) is 0. The molecule has 1 aliphatic rings. The van der Waals surface area contributed by atoms with E-state index in [4.69, 9.17) is 4.55 Å². The predicted octanol–water partition coefficient (Wildman–Crippen LogP) is 1.04. The highest BCUT2D eigenvalue weighted by Gasteiger charge is 2.44. The van der Waals surface area contributed by atoms with Crippen LogP contribution in [0.15, 0.2) is 24.3 Å². The smallest absolute Gasteiger partial charge is 0.299 e. The van der Waals surface area contributed by atoms with E-state index in [1.54, 1.807) is 0 Å². The molecular weight excluding hydrogens is 262 g/mol. The Morgan fingerprint density at radius 2 is 2.06 bits per heavy atom. The zero-order chi connectivity index (χ0) is 13.6. The molecule has 8 heteroatoms. The van der Waals surface area contributed by atoms with Gasteiger partial charge >= 0.3 is 0 Å². The predicted molar refractivity (Wildman–Crippen MR) is 62.2 cm³/mol. The summed E-state index contributed by atoms with van der Waals surface area (Å²) in [7, 11) is -4.74. The Morgan fingerprint density at radius 3 is 2.61 bits per heavy atom. The summed E-state index contributed by atoms with van der Waals surface area (Å²) < 4.78 is 31.5. The molecule has 0 bridgehead atoms. The molecule has 7 nitrogen and oxygen atoms in total. The van der Waals surface area contributed by atoms with Gasteiger partial charge in [-0.1, -0.05) is 12.2 Å². The average Bonchev–Trinajstić information content (AvgIpc) is 2.27. The van der Waals surface area contributed by atoms with Crippen LogP contribution in [0.3, 0.4) is 0 Å². The third-order valence-corrected chi connectivity index (χ3v) is 4.03. The molecule has 1 unspecified atom stereocenters. The van der Waals surface area contributed by atoms with E-state index in [1.165, 1.54) is 12.2 Å². The van der Waals surface area contributed by atoms with Gasteiger partial charge in [-0.05, 0) is 11.6 Å². The molecule has 1 aromatic rings. The second kappa shape index (κ2) is 3.87. The minimum absolute atomic E-state index is 0.0712. The van der Waals surface area contributed by atoms with Crippen molar-refractivity contribution in [2.75, 3.05) is 0 Å². The van der Waals surface area contributed by atoms with Gasteiger partial charge in [0.25, 0.3) is 15.8 Å². The topological polar surface area (TPSA) is 118 Å². The van der Waals surface area contributed by atoms with Gasteiger partial charge in [-0.2, -0.15) is 8.42 Å². The molecule has 1 aliphatic carbocycles. The molecule has 0 fully saturated rings. The van der Waals surface area contributed by atoms with Crippen LogP contribution in [0.5, 0.6) is 0 Å². The number of fused-ring (bicyclic) bond motifs is 1. The van der Waals surface area contributed by atoms with Gasteiger partial charge in [0, 0.05) is 24.1 Å². The van der Waals surface area contributed by atoms with Gasteiger partial charge in [-0.25, -0.2) is 0 Å². The van der Waals surface area contributed by atoms with Gasteiger partial charge in [0.05, 0.1) is 4.92 Å². The van der Waals surface area contributed by atoms with Crippen LogP contribution in [0.4, 0.5) is 5.69 Å². The summed E-state index contributed by atoms with van der Waals surface area (Å²) in [5.41, 5.74) is -0.105.